The fraction of sp³-hybridized carbons (Fsp3) is 0.286. The molecule has 0 fully saturated rings. The molecular weight excluding hydrogens is 317 g/mol. The molecular formula is C21H22FNO2. The highest BCUT2D eigenvalue weighted by Crippen LogP contribution is 2.31. The summed E-state index contributed by atoms with van der Waals surface area (Å²) in [6, 6.07) is 11.9. The molecule has 0 aliphatic carbocycles. The summed E-state index contributed by atoms with van der Waals surface area (Å²) in [5.74, 6) is 0.0779. The highest BCUT2D eigenvalue weighted by Gasteiger charge is 2.28. The molecule has 25 heavy (non-hydrogen) atoms. The first kappa shape index (κ1) is 17.2. The molecule has 130 valence electrons. The molecule has 0 amide bonds. The highest BCUT2D eigenvalue weighted by molar-refractivity contribution is 6.10. The van der Waals surface area contributed by atoms with E-state index in [4.69, 9.17) is 4.74 Å². The summed E-state index contributed by atoms with van der Waals surface area (Å²) in [7, 11) is 0. The number of carbonyl (C=O) groups is 1. The van der Waals surface area contributed by atoms with Gasteiger partial charge in [-0.2, -0.15) is 0 Å². The number of allylic oxidation sites excluding steroid dienone is 1. The maximum Gasteiger partial charge on any atom is 0.191 e. The number of hydrogen-bond acceptors (Lipinski definition) is 3. The van der Waals surface area contributed by atoms with Gasteiger partial charge in [0.05, 0.1) is 12.2 Å². The van der Waals surface area contributed by atoms with Gasteiger partial charge in [0.1, 0.15) is 11.6 Å². The molecule has 1 N–H and O–H groups in total. The summed E-state index contributed by atoms with van der Waals surface area (Å²) in [5, 5.41) is 3.36. The van der Waals surface area contributed by atoms with Gasteiger partial charge in [0.25, 0.3) is 0 Å². The third-order valence-electron chi connectivity index (χ3n) is 4.20. The van der Waals surface area contributed by atoms with Gasteiger partial charge in [0.2, 0.25) is 0 Å². The fourth-order valence-corrected chi connectivity index (χ4v) is 3.18. The van der Waals surface area contributed by atoms with Gasteiger partial charge in [0.15, 0.2) is 5.78 Å². The fourth-order valence-electron chi connectivity index (χ4n) is 3.18. The number of benzene rings is 2. The molecule has 1 aliphatic rings. The largest absolute Gasteiger partial charge is 0.493 e. The van der Waals surface area contributed by atoms with Gasteiger partial charge in [0, 0.05) is 22.9 Å². The van der Waals surface area contributed by atoms with Crippen molar-refractivity contribution in [2.24, 2.45) is 0 Å². The molecule has 3 nitrogen and oxygen atoms in total. The van der Waals surface area contributed by atoms with Crippen LogP contribution in [0.3, 0.4) is 0 Å². The maximum absolute atomic E-state index is 13.7. The number of para-hydroxylation sites is 1. The number of rotatable bonds is 4. The molecule has 2 aromatic carbocycles. The molecule has 2 aromatic rings. The summed E-state index contributed by atoms with van der Waals surface area (Å²) in [5.41, 5.74) is 2.70. The monoisotopic (exact) mass is 339 g/mol. The van der Waals surface area contributed by atoms with E-state index in [1.54, 1.807) is 24.3 Å². The normalized spacial score (nSPS) is 16.9. The number of carbonyl (C=O) groups excluding carboxylic acids is 1. The molecule has 0 aromatic heterocycles. The van der Waals surface area contributed by atoms with Crippen LogP contribution in [-0.4, -0.2) is 17.9 Å². The third-order valence-corrected chi connectivity index (χ3v) is 4.20. The average Bonchev–Trinajstić information content (AvgIpc) is 2.55. The molecule has 0 spiro atoms. The molecule has 1 aliphatic heterocycles. The number of ether oxygens (including phenoxy) is 1. The Morgan fingerprint density at radius 3 is 2.80 bits per heavy atom. The Hall–Kier alpha value is -2.62. The number of halogens is 1. The first-order valence-electron chi connectivity index (χ1n) is 8.44. The molecule has 0 bridgehead atoms. The van der Waals surface area contributed by atoms with Crippen LogP contribution in [0.4, 0.5) is 4.39 Å². The molecule has 0 unspecified atom stereocenters. The molecule has 3 rings (SSSR count). The number of ketones is 1. The minimum absolute atomic E-state index is 0.167. The average molecular weight is 339 g/mol. The van der Waals surface area contributed by atoms with Crippen LogP contribution in [-0.2, 0) is 6.42 Å². The smallest absolute Gasteiger partial charge is 0.191 e. The Balaban J connectivity index is 2.04. The minimum atomic E-state index is -0.312. The Bertz CT molecular complexity index is 840. The van der Waals surface area contributed by atoms with Crippen molar-refractivity contribution in [2.75, 3.05) is 6.61 Å². The van der Waals surface area contributed by atoms with Crippen molar-refractivity contribution < 1.29 is 13.9 Å². The number of hydrogen-bond donors (Lipinski definition) is 1. The van der Waals surface area contributed by atoms with Crippen LogP contribution in [0, 0.1) is 5.82 Å². The van der Waals surface area contributed by atoms with Gasteiger partial charge in [-0.3, -0.25) is 4.79 Å². The molecule has 0 radical (unpaired) electrons. The van der Waals surface area contributed by atoms with Crippen molar-refractivity contribution in [1.82, 2.24) is 5.32 Å². The summed E-state index contributed by atoms with van der Waals surface area (Å²) in [6.07, 6.45) is 2.31. The third kappa shape index (κ3) is 3.73. The Morgan fingerprint density at radius 2 is 2.04 bits per heavy atom. The Labute approximate surface area is 147 Å². The molecule has 0 saturated carbocycles. The lowest BCUT2D eigenvalue weighted by molar-refractivity contribution is 0.104. The number of nitrogens with one attached hydrogen (secondary N) is 1. The van der Waals surface area contributed by atoms with E-state index in [0.717, 1.165) is 17.5 Å². The van der Waals surface area contributed by atoms with E-state index in [1.807, 2.05) is 13.0 Å². The number of fused-ring (bicyclic) bond motifs is 1. The van der Waals surface area contributed by atoms with Gasteiger partial charge in [-0.15, -0.1) is 0 Å². The molecule has 0 saturated heterocycles. The van der Waals surface area contributed by atoms with Crippen molar-refractivity contribution >= 4 is 11.5 Å². The van der Waals surface area contributed by atoms with Gasteiger partial charge in [-0.1, -0.05) is 18.2 Å². The molecule has 0 atom stereocenters. The lowest BCUT2D eigenvalue weighted by atomic mass is 9.85. The van der Waals surface area contributed by atoms with Crippen LogP contribution >= 0.6 is 0 Å². The zero-order valence-corrected chi connectivity index (χ0v) is 14.7. The summed E-state index contributed by atoms with van der Waals surface area (Å²) in [6.45, 7) is 6.49. The van der Waals surface area contributed by atoms with Gasteiger partial charge in [-0.05, 0) is 57.0 Å². The summed E-state index contributed by atoms with van der Waals surface area (Å²) >= 11 is 0. The van der Waals surface area contributed by atoms with Crippen molar-refractivity contribution in [2.45, 2.75) is 32.7 Å². The van der Waals surface area contributed by atoms with E-state index in [0.29, 0.717) is 23.6 Å². The second-order valence-electron chi connectivity index (χ2n) is 6.84. The van der Waals surface area contributed by atoms with E-state index in [9.17, 15) is 9.18 Å². The van der Waals surface area contributed by atoms with Gasteiger partial charge >= 0.3 is 0 Å². The second-order valence-corrected chi connectivity index (χ2v) is 6.84. The predicted molar refractivity (Wildman–Crippen MR) is 97.2 cm³/mol. The topological polar surface area (TPSA) is 38.3 Å². The van der Waals surface area contributed by atoms with Crippen molar-refractivity contribution in [1.29, 1.82) is 0 Å². The predicted octanol–water partition coefficient (Wildman–Crippen LogP) is 4.37. The van der Waals surface area contributed by atoms with Gasteiger partial charge < -0.3 is 10.1 Å². The van der Waals surface area contributed by atoms with E-state index in [2.05, 4.69) is 19.2 Å². The van der Waals surface area contributed by atoms with Crippen LogP contribution in [0.1, 0.15) is 42.3 Å². The van der Waals surface area contributed by atoms with Crippen molar-refractivity contribution in [3.05, 3.63) is 71.0 Å². The van der Waals surface area contributed by atoms with Crippen molar-refractivity contribution in [3.63, 3.8) is 0 Å². The van der Waals surface area contributed by atoms with E-state index >= 15 is 0 Å². The zero-order valence-electron chi connectivity index (χ0n) is 14.7. The standard InChI is InChI=1S/C21H22FNO2/c1-4-25-20-8-6-5-7-16(20)19(24)12-18-17-11-15(22)10-9-14(17)13-21(2,3)23-18/h5-12,23H,4,13H2,1-3H3. The van der Waals surface area contributed by atoms with E-state index in [1.165, 1.54) is 18.2 Å². The van der Waals surface area contributed by atoms with Crippen LogP contribution in [0.25, 0.3) is 5.70 Å². The lowest BCUT2D eigenvalue weighted by Crippen LogP contribution is -2.43. The van der Waals surface area contributed by atoms with Crippen LogP contribution in [0.5, 0.6) is 5.75 Å². The zero-order chi connectivity index (χ0) is 18.0. The van der Waals surface area contributed by atoms with Crippen molar-refractivity contribution in [3.8, 4) is 5.75 Å². The Kier molecular flexibility index (Phi) is 4.62. The van der Waals surface area contributed by atoms with Crippen LogP contribution in [0.15, 0.2) is 48.5 Å². The molecule has 1 heterocycles. The van der Waals surface area contributed by atoms with E-state index < -0.39 is 0 Å². The quantitative estimate of drug-likeness (QED) is 0.664. The summed E-state index contributed by atoms with van der Waals surface area (Å²) in [4.78, 5) is 12.8. The second kappa shape index (κ2) is 6.71. The van der Waals surface area contributed by atoms with Gasteiger partial charge in [-0.25, -0.2) is 4.39 Å². The van der Waals surface area contributed by atoms with Crippen LogP contribution < -0.4 is 10.1 Å². The summed E-state index contributed by atoms with van der Waals surface area (Å²) < 4.78 is 19.3. The Morgan fingerprint density at radius 1 is 1.28 bits per heavy atom. The highest BCUT2D eigenvalue weighted by atomic mass is 19.1. The SMILES string of the molecule is CCOc1ccccc1C(=O)C=C1NC(C)(C)Cc2ccc(F)cc21. The minimum Gasteiger partial charge on any atom is -0.493 e. The first-order chi connectivity index (χ1) is 11.9. The maximum atomic E-state index is 13.7. The van der Waals surface area contributed by atoms with Crippen LogP contribution in [0.2, 0.25) is 0 Å². The first-order valence-corrected chi connectivity index (χ1v) is 8.44. The lowest BCUT2D eigenvalue weighted by Gasteiger charge is -2.35. The van der Waals surface area contributed by atoms with E-state index in [-0.39, 0.29) is 17.1 Å². The molecule has 4 heteroatoms.